The molecule has 0 radical (unpaired) electrons. The molecule has 0 spiro atoms. The topological polar surface area (TPSA) is 117 Å². The van der Waals surface area contributed by atoms with E-state index in [9.17, 15) is 19.7 Å². The highest BCUT2D eigenvalue weighted by atomic mass is 16.6. The van der Waals surface area contributed by atoms with Crippen LogP contribution in [-0.4, -0.2) is 45.8 Å². The van der Waals surface area contributed by atoms with Gasteiger partial charge in [-0.15, -0.1) is 0 Å². The third-order valence-electron chi connectivity index (χ3n) is 6.47. The molecule has 1 aromatic carbocycles. The quantitative estimate of drug-likeness (QED) is 0.444. The van der Waals surface area contributed by atoms with Crippen molar-refractivity contribution in [3.63, 3.8) is 0 Å². The van der Waals surface area contributed by atoms with Gasteiger partial charge in [-0.25, -0.2) is 0 Å². The van der Waals surface area contributed by atoms with E-state index < -0.39 is 4.92 Å². The summed E-state index contributed by atoms with van der Waals surface area (Å²) in [4.78, 5) is 42.7. The number of anilines is 1. The highest BCUT2D eigenvalue weighted by Gasteiger charge is 2.29. The third-order valence-corrected chi connectivity index (χ3v) is 6.47. The standard InChI is InChI=1S/C25H33N5O4/c1-16(2)17(3)28-24(31)19-10-13-29(14-11-19)25(32)20-8-9-22(23(15-20)30(33)34)27-18(4)21-7-5-6-12-26-21/h5-9,12,15-19,27H,10-11,13-14H2,1-4H3,(H,28,31). The van der Waals surface area contributed by atoms with Crippen molar-refractivity contribution in [2.24, 2.45) is 11.8 Å². The van der Waals surface area contributed by atoms with Crippen LogP contribution >= 0.6 is 0 Å². The highest BCUT2D eigenvalue weighted by molar-refractivity contribution is 5.96. The van der Waals surface area contributed by atoms with Gasteiger partial charge < -0.3 is 15.5 Å². The monoisotopic (exact) mass is 467 g/mol. The SMILES string of the molecule is CC(Nc1ccc(C(=O)N2CCC(C(=O)NC(C)C(C)C)CC2)cc1[N+](=O)[O-])c1ccccn1. The molecule has 9 nitrogen and oxygen atoms in total. The largest absolute Gasteiger partial charge is 0.371 e. The van der Waals surface area contributed by atoms with Crippen LogP contribution in [-0.2, 0) is 4.79 Å². The Morgan fingerprint density at radius 3 is 2.41 bits per heavy atom. The molecule has 0 saturated carbocycles. The second kappa shape index (κ2) is 11.1. The number of hydrogen-bond donors (Lipinski definition) is 2. The first-order chi connectivity index (χ1) is 16.2. The number of likely N-dealkylation sites (tertiary alicyclic amines) is 1. The van der Waals surface area contributed by atoms with E-state index in [1.54, 1.807) is 29.3 Å². The van der Waals surface area contributed by atoms with E-state index in [0.717, 1.165) is 5.69 Å². The molecule has 0 aliphatic carbocycles. The molecule has 1 fully saturated rings. The lowest BCUT2D eigenvalue weighted by Crippen LogP contribution is -2.45. The molecule has 1 saturated heterocycles. The molecule has 34 heavy (non-hydrogen) atoms. The van der Waals surface area contributed by atoms with Gasteiger partial charge in [0.05, 0.1) is 16.7 Å². The molecular formula is C25H33N5O4. The number of nitrogens with one attached hydrogen (secondary N) is 2. The van der Waals surface area contributed by atoms with Crippen LogP contribution < -0.4 is 10.6 Å². The van der Waals surface area contributed by atoms with Crippen LogP contribution in [0.1, 0.15) is 62.6 Å². The van der Waals surface area contributed by atoms with E-state index in [1.165, 1.54) is 6.07 Å². The van der Waals surface area contributed by atoms with Crippen molar-refractivity contribution in [3.05, 3.63) is 64.0 Å². The Bertz CT molecular complexity index is 1020. The molecule has 2 unspecified atom stereocenters. The summed E-state index contributed by atoms with van der Waals surface area (Å²) in [5, 5.41) is 17.9. The molecule has 1 aromatic heterocycles. The van der Waals surface area contributed by atoms with Gasteiger partial charge in [-0.3, -0.25) is 24.7 Å². The number of benzene rings is 1. The third kappa shape index (κ3) is 6.09. The first kappa shape index (κ1) is 25.1. The number of piperidine rings is 1. The first-order valence-electron chi connectivity index (χ1n) is 11.7. The van der Waals surface area contributed by atoms with Gasteiger partial charge in [0.15, 0.2) is 0 Å². The normalized spacial score (nSPS) is 16.1. The summed E-state index contributed by atoms with van der Waals surface area (Å²) in [6.07, 6.45) is 2.82. The Kier molecular flexibility index (Phi) is 8.20. The summed E-state index contributed by atoms with van der Waals surface area (Å²) in [5.74, 6) is -0.00622. The van der Waals surface area contributed by atoms with Gasteiger partial charge in [-0.05, 0) is 56.9 Å². The van der Waals surface area contributed by atoms with Gasteiger partial charge in [0.2, 0.25) is 5.91 Å². The van der Waals surface area contributed by atoms with Gasteiger partial charge in [-0.2, -0.15) is 0 Å². The second-order valence-corrected chi connectivity index (χ2v) is 9.22. The molecule has 182 valence electrons. The molecule has 1 aliphatic heterocycles. The van der Waals surface area contributed by atoms with Crippen LogP contribution in [0, 0.1) is 22.0 Å². The Labute approximate surface area is 200 Å². The Balaban J connectivity index is 1.66. The highest BCUT2D eigenvalue weighted by Crippen LogP contribution is 2.30. The minimum absolute atomic E-state index is 0.0291. The molecule has 1 aliphatic rings. The van der Waals surface area contributed by atoms with Crippen LogP contribution in [0.25, 0.3) is 0 Å². The van der Waals surface area contributed by atoms with E-state index in [0.29, 0.717) is 37.5 Å². The van der Waals surface area contributed by atoms with Gasteiger partial charge in [0, 0.05) is 42.9 Å². The van der Waals surface area contributed by atoms with Gasteiger partial charge in [0.1, 0.15) is 5.69 Å². The van der Waals surface area contributed by atoms with Crippen molar-refractivity contribution in [2.75, 3.05) is 18.4 Å². The van der Waals surface area contributed by atoms with Crippen molar-refractivity contribution in [1.82, 2.24) is 15.2 Å². The first-order valence-corrected chi connectivity index (χ1v) is 11.7. The Hall–Kier alpha value is -3.49. The average molecular weight is 468 g/mol. The van der Waals surface area contributed by atoms with Crippen molar-refractivity contribution < 1.29 is 14.5 Å². The van der Waals surface area contributed by atoms with Crippen molar-refractivity contribution in [2.45, 2.75) is 52.6 Å². The molecule has 2 heterocycles. The zero-order valence-electron chi connectivity index (χ0n) is 20.2. The smallest absolute Gasteiger partial charge is 0.293 e. The minimum atomic E-state index is -0.489. The number of nitrogens with zero attached hydrogens (tertiary/aromatic N) is 3. The van der Waals surface area contributed by atoms with Crippen LogP contribution in [0.5, 0.6) is 0 Å². The summed E-state index contributed by atoms with van der Waals surface area (Å²) in [6, 6.07) is 9.84. The second-order valence-electron chi connectivity index (χ2n) is 9.22. The number of pyridine rings is 1. The van der Waals surface area contributed by atoms with E-state index in [2.05, 4.69) is 29.5 Å². The van der Waals surface area contributed by atoms with Gasteiger partial charge in [0.25, 0.3) is 11.6 Å². The molecule has 3 rings (SSSR count). The van der Waals surface area contributed by atoms with E-state index in [4.69, 9.17) is 0 Å². The number of carbonyl (C=O) groups is 2. The molecule has 0 bridgehead atoms. The predicted octanol–water partition coefficient (Wildman–Crippen LogP) is 4.18. The summed E-state index contributed by atoms with van der Waals surface area (Å²) in [5.41, 5.74) is 1.19. The molecule has 2 aromatic rings. The zero-order chi connectivity index (χ0) is 24.8. The summed E-state index contributed by atoms with van der Waals surface area (Å²) in [6.45, 7) is 8.86. The number of nitro benzene ring substituents is 1. The number of aromatic nitrogens is 1. The van der Waals surface area contributed by atoms with Gasteiger partial charge in [-0.1, -0.05) is 19.9 Å². The number of nitro groups is 1. The Morgan fingerprint density at radius 2 is 1.82 bits per heavy atom. The molecule has 2 atom stereocenters. The van der Waals surface area contributed by atoms with Crippen LogP contribution in [0.3, 0.4) is 0 Å². The average Bonchev–Trinajstić information content (AvgIpc) is 2.84. The number of hydrogen-bond acceptors (Lipinski definition) is 6. The van der Waals surface area contributed by atoms with E-state index in [-0.39, 0.29) is 41.1 Å². The van der Waals surface area contributed by atoms with Crippen LogP contribution in [0.2, 0.25) is 0 Å². The van der Waals surface area contributed by atoms with Crippen molar-refractivity contribution >= 4 is 23.2 Å². The molecule has 9 heteroatoms. The summed E-state index contributed by atoms with van der Waals surface area (Å²) >= 11 is 0. The lowest BCUT2D eigenvalue weighted by molar-refractivity contribution is -0.384. The minimum Gasteiger partial charge on any atom is -0.371 e. The predicted molar refractivity (Wildman–Crippen MR) is 130 cm³/mol. The zero-order valence-corrected chi connectivity index (χ0v) is 20.2. The van der Waals surface area contributed by atoms with Crippen molar-refractivity contribution in [3.8, 4) is 0 Å². The summed E-state index contributed by atoms with van der Waals surface area (Å²) < 4.78 is 0. The van der Waals surface area contributed by atoms with Gasteiger partial charge >= 0.3 is 0 Å². The fourth-order valence-corrected chi connectivity index (χ4v) is 3.91. The summed E-state index contributed by atoms with van der Waals surface area (Å²) in [7, 11) is 0. The maximum absolute atomic E-state index is 13.0. The lowest BCUT2D eigenvalue weighted by atomic mass is 9.94. The van der Waals surface area contributed by atoms with E-state index in [1.807, 2.05) is 26.0 Å². The number of amides is 2. The number of carbonyl (C=O) groups excluding carboxylic acids is 2. The molecule has 2 N–H and O–H groups in total. The number of rotatable bonds is 8. The Morgan fingerprint density at radius 1 is 1.12 bits per heavy atom. The fourth-order valence-electron chi connectivity index (χ4n) is 3.91. The maximum atomic E-state index is 13.0. The molecule has 2 amide bonds. The van der Waals surface area contributed by atoms with E-state index >= 15 is 0 Å². The maximum Gasteiger partial charge on any atom is 0.293 e. The molecular weight excluding hydrogens is 434 g/mol. The lowest BCUT2D eigenvalue weighted by Gasteiger charge is -2.32. The fraction of sp³-hybridized carbons (Fsp3) is 0.480. The van der Waals surface area contributed by atoms with Crippen molar-refractivity contribution in [1.29, 1.82) is 0 Å². The van der Waals surface area contributed by atoms with Crippen LogP contribution in [0.4, 0.5) is 11.4 Å². The van der Waals surface area contributed by atoms with Crippen LogP contribution in [0.15, 0.2) is 42.6 Å².